The SMILES string of the molecule is COC(=O)Nc1cccc(NC2CC3CC=CC32)c1. The molecule has 3 atom stereocenters. The molecule has 1 amide bonds. The first-order valence-electron chi connectivity index (χ1n) is 6.64. The summed E-state index contributed by atoms with van der Waals surface area (Å²) in [5, 5.41) is 6.21. The molecule has 3 unspecified atom stereocenters. The molecule has 0 radical (unpaired) electrons. The van der Waals surface area contributed by atoms with E-state index in [1.165, 1.54) is 20.0 Å². The van der Waals surface area contributed by atoms with Crippen molar-refractivity contribution >= 4 is 17.5 Å². The van der Waals surface area contributed by atoms with E-state index in [0.29, 0.717) is 12.0 Å². The first kappa shape index (κ1) is 12.1. The molecule has 2 aliphatic rings. The molecular weight excluding hydrogens is 240 g/mol. The molecular formula is C15H18N2O2. The Labute approximate surface area is 112 Å². The number of benzene rings is 1. The highest BCUT2D eigenvalue weighted by Crippen LogP contribution is 2.44. The van der Waals surface area contributed by atoms with E-state index in [1.807, 2.05) is 24.3 Å². The second kappa shape index (κ2) is 4.96. The lowest BCUT2D eigenvalue weighted by molar-refractivity contribution is 0.187. The van der Waals surface area contributed by atoms with Crippen molar-refractivity contribution in [3.8, 4) is 0 Å². The number of methoxy groups -OCH3 is 1. The molecule has 3 rings (SSSR count). The van der Waals surface area contributed by atoms with Crippen LogP contribution in [-0.2, 0) is 4.74 Å². The summed E-state index contributed by atoms with van der Waals surface area (Å²) in [4.78, 5) is 11.2. The van der Waals surface area contributed by atoms with Gasteiger partial charge in [-0.05, 0) is 37.0 Å². The molecule has 2 aliphatic carbocycles. The fourth-order valence-electron chi connectivity index (χ4n) is 2.95. The van der Waals surface area contributed by atoms with Gasteiger partial charge in [0.25, 0.3) is 0 Å². The number of carbonyl (C=O) groups excluding carboxylic acids is 1. The van der Waals surface area contributed by atoms with Gasteiger partial charge in [-0.25, -0.2) is 4.79 Å². The molecule has 1 fully saturated rings. The van der Waals surface area contributed by atoms with Crippen LogP contribution in [-0.4, -0.2) is 19.2 Å². The van der Waals surface area contributed by atoms with E-state index in [1.54, 1.807) is 0 Å². The normalized spacial score (nSPS) is 27.3. The number of nitrogens with one attached hydrogen (secondary N) is 2. The van der Waals surface area contributed by atoms with Crippen LogP contribution in [0.5, 0.6) is 0 Å². The number of allylic oxidation sites excluding steroid dienone is 1. The van der Waals surface area contributed by atoms with Gasteiger partial charge in [0.2, 0.25) is 0 Å². The standard InChI is InChI=1S/C15H18N2O2/c1-19-15(18)17-12-6-3-5-11(9-12)16-14-8-10-4-2-7-13(10)14/h2-3,5-7,9-10,13-14,16H,4,8H2,1H3,(H,17,18). The average molecular weight is 258 g/mol. The van der Waals surface area contributed by atoms with Crippen LogP contribution in [0.3, 0.4) is 0 Å². The van der Waals surface area contributed by atoms with Gasteiger partial charge >= 0.3 is 6.09 Å². The van der Waals surface area contributed by atoms with Gasteiger partial charge in [0.05, 0.1) is 7.11 Å². The summed E-state index contributed by atoms with van der Waals surface area (Å²) in [5.74, 6) is 1.52. The van der Waals surface area contributed by atoms with E-state index in [2.05, 4.69) is 27.5 Å². The maximum absolute atomic E-state index is 11.2. The molecule has 0 heterocycles. The maximum Gasteiger partial charge on any atom is 0.411 e. The van der Waals surface area contributed by atoms with Crippen molar-refractivity contribution in [3.05, 3.63) is 36.4 Å². The van der Waals surface area contributed by atoms with Gasteiger partial charge in [0.1, 0.15) is 0 Å². The number of ether oxygens (including phenoxy) is 1. The maximum atomic E-state index is 11.2. The van der Waals surface area contributed by atoms with Crippen molar-refractivity contribution < 1.29 is 9.53 Å². The van der Waals surface area contributed by atoms with Crippen molar-refractivity contribution in [1.82, 2.24) is 0 Å². The third-order valence-corrected chi connectivity index (χ3v) is 4.01. The van der Waals surface area contributed by atoms with Gasteiger partial charge in [0, 0.05) is 23.3 Å². The number of carbonyl (C=O) groups is 1. The minimum absolute atomic E-state index is 0.445. The lowest BCUT2D eigenvalue weighted by Gasteiger charge is -2.41. The van der Waals surface area contributed by atoms with Crippen LogP contribution in [0.1, 0.15) is 12.8 Å². The van der Waals surface area contributed by atoms with Crippen LogP contribution >= 0.6 is 0 Å². The summed E-state index contributed by atoms with van der Waals surface area (Å²) in [6.07, 6.45) is 6.62. The molecule has 1 saturated carbocycles. The zero-order valence-electron chi connectivity index (χ0n) is 10.9. The first-order chi connectivity index (χ1) is 9.26. The monoisotopic (exact) mass is 258 g/mol. The van der Waals surface area contributed by atoms with Crippen LogP contribution in [0.2, 0.25) is 0 Å². The summed E-state index contributed by atoms with van der Waals surface area (Å²) >= 11 is 0. The summed E-state index contributed by atoms with van der Waals surface area (Å²) in [7, 11) is 1.36. The lowest BCUT2D eigenvalue weighted by Crippen LogP contribution is -2.43. The molecule has 2 N–H and O–H groups in total. The summed E-state index contributed by atoms with van der Waals surface area (Å²) in [6, 6.07) is 8.25. The fourth-order valence-corrected chi connectivity index (χ4v) is 2.95. The van der Waals surface area contributed by atoms with Gasteiger partial charge in [-0.3, -0.25) is 5.32 Å². The molecule has 19 heavy (non-hydrogen) atoms. The van der Waals surface area contributed by atoms with E-state index in [9.17, 15) is 4.79 Å². The predicted molar refractivity (Wildman–Crippen MR) is 75.2 cm³/mol. The van der Waals surface area contributed by atoms with Crippen LogP contribution in [0.4, 0.5) is 16.2 Å². The lowest BCUT2D eigenvalue weighted by atomic mass is 9.71. The number of hydrogen-bond acceptors (Lipinski definition) is 3. The van der Waals surface area contributed by atoms with Crippen molar-refractivity contribution in [1.29, 1.82) is 0 Å². The molecule has 4 nitrogen and oxygen atoms in total. The molecule has 0 bridgehead atoms. The largest absolute Gasteiger partial charge is 0.453 e. The number of rotatable bonds is 3. The fraction of sp³-hybridized carbons (Fsp3) is 0.400. The third-order valence-electron chi connectivity index (χ3n) is 4.01. The predicted octanol–water partition coefficient (Wildman–Crippen LogP) is 3.24. The molecule has 100 valence electrons. The quantitative estimate of drug-likeness (QED) is 0.818. The number of hydrogen-bond donors (Lipinski definition) is 2. The second-order valence-corrected chi connectivity index (χ2v) is 5.19. The first-order valence-corrected chi connectivity index (χ1v) is 6.64. The Morgan fingerprint density at radius 1 is 1.37 bits per heavy atom. The topological polar surface area (TPSA) is 50.4 Å². The third kappa shape index (κ3) is 2.43. The highest BCUT2D eigenvalue weighted by molar-refractivity contribution is 5.85. The zero-order valence-corrected chi connectivity index (χ0v) is 10.9. The molecule has 4 heteroatoms. The number of amides is 1. The molecule has 0 aliphatic heterocycles. The van der Waals surface area contributed by atoms with E-state index < -0.39 is 6.09 Å². The Bertz CT molecular complexity index is 513. The van der Waals surface area contributed by atoms with Crippen LogP contribution < -0.4 is 10.6 Å². The van der Waals surface area contributed by atoms with Crippen molar-refractivity contribution in [2.24, 2.45) is 11.8 Å². The Morgan fingerprint density at radius 3 is 3.00 bits per heavy atom. The second-order valence-electron chi connectivity index (χ2n) is 5.19. The minimum atomic E-state index is -0.445. The summed E-state index contributed by atoms with van der Waals surface area (Å²) < 4.78 is 4.58. The van der Waals surface area contributed by atoms with Crippen LogP contribution in [0.15, 0.2) is 36.4 Å². The highest BCUT2D eigenvalue weighted by Gasteiger charge is 2.40. The molecule has 0 saturated heterocycles. The molecule has 1 aromatic carbocycles. The number of anilines is 2. The van der Waals surface area contributed by atoms with Crippen molar-refractivity contribution in [2.45, 2.75) is 18.9 Å². The van der Waals surface area contributed by atoms with Crippen LogP contribution in [0, 0.1) is 11.8 Å². The van der Waals surface area contributed by atoms with E-state index >= 15 is 0 Å². The summed E-state index contributed by atoms with van der Waals surface area (Å²) in [5.41, 5.74) is 1.78. The Hall–Kier alpha value is -1.97. The average Bonchev–Trinajstić information content (AvgIpc) is 2.78. The van der Waals surface area contributed by atoms with E-state index in [0.717, 1.165) is 17.3 Å². The minimum Gasteiger partial charge on any atom is -0.453 e. The van der Waals surface area contributed by atoms with Gasteiger partial charge in [0.15, 0.2) is 0 Å². The Balaban J connectivity index is 1.63. The van der Waals surface area contributed by atoms with Crippen molar-refractivity contribution in [3.63, 3.8) is 0 Å². The Morgan fingerprint density at radius 2 is 2.21 bits per heavy atom. The zero-order chi connectivity index (χ0) is 13.2. The van der Waals surface area contributed by atoms with Crippen LogP contribution in [0.25, 0.3) is 0 Å². The summed E-state index contributed by atoms with van der Waals surface area (Å²) in [6.45, 7) is 0. The van der Waals surface area contributed by atoms with Gasteiger partial charge < -0.3 is 10.1 Å². The Kier molecular flexibility index (Phi) is 3.15. The van der Waals surface area contributed by atoms with Gasteiger partial charge in [-0.2, -0.15) is 0 Å². The van der Waals surface area contributed by atoms with E-state index in [4.69, 9.17) is 0 Å². The van der Waals surface area contributed by atoms with Gasteiger partial charge in [-0.15, -0.1) is 0 Å². The number of fused-ring (bicyclic) bond motifs is 1. The van der Waals surface area contributed by atoms with Gasteiger partial charge in [-0.1, -0.05) is 18.2 Å². The van der Waals surface area contributed by atoms with E-state index in [-0.39, 0.29) is 0 Å². The molecule has 0 spiro atoms. The highest BCUT2D eigenvalue weighted by atomic mass is 16.5. The smallest absolute Gasteiger partial charge is 0.411 e. The van der Waals surface area contributed by atoms with Crippen molar-refractivity contribution in [2.75, 3.05) is 17.7 Å². The molecule has 1 aromatic rings. The molecule has 0 aromatic heterocycles.